The van der Waals surface area contributed by atoms with Gasteiger partial charge >= 0.3 is 41.8 Å². The van der Waals surface area contributed by atoms with Crippen molar-refractivity contribution in [3.05, 3.63) is 82.4 Å². The molecule has 2 spiro atoms. The molecular formula is C67H76N2O22. The number of epoxide rings is 2. The monoisotopic (exact) mass is 1260 g/mol. The Balaban J connectivity index is 0.836. The molecule has 3 aromatic rings. The first-order valence-corrected chi connectivity index (χ1v) is 30.9. The van der Waals surface area contributed by atoms with Crippen LogP contribution in [0.1, 0.15) is 141 Å². The van der Waals surface area contributed by atoms with Crippen molar-refractivity contribution in [2.75, 3.05) is 6.54 Å². The molecule has 91 heavy (non-hydrogen) atoms. The molecule has 5 saturated carbocycles. The van der Waals surface area contributed by atoms with Crippen LogP contribution in [-0.4, -0.2) is 142 Å². The molecule has 5 heterocycles. The molecule has 0 radical (unpaired) electrons. The molecular weight excluding hydrogens is 1180 g/mol. The number of carbonyl (C=O) groups excluding carboxylic acids is 9. The van der Waals surface area contributed by atoms with Crippen molar-refractivity contribution < 1.29 is 106 Å². The lowest BCUT2D eigenvalue weighted by Crippen LogP contribution is -2.77. The van der Waals surface area contributed by atoms with E-state index >= 15 is 0 Å². The molecule has 24 nitrogen and oxygen atoms in total. The van der Waals surface area contributed by atoms with E-state index in [0.29, 0.717) is 16.7 Å². The van der Waals surface area contributed by atoms with Gasteiger partial charge in [0.15, 0.2) is 11.2 Å². The summed E-state index contributed by atoms with van der Waals surface area (Å²) in [5.41, 5.74) is -9.35. The number of aliphatic hydroxyl groups excluding tert-OH is 2. The van der Waals surface area contributed by atoms with Crippen molar-refractivity contribution >= 4 is 53.6 Å². The number of ether oxygens (including phenoxy) is 10. The van der Waals surface area contributed by atoms with Gasteiger partial charge in [-0.15, -0.1) is 0 Å². The quantitative estimate of drug-likeness (QED) is 0.0825. The van der Waals surface area contributed by atoms with Gasteiger partial charge in [-0.05, 0) is 122 Å². The van der Waals surface area contributed by atoms with Gasteiger partial charge in [0.25, 0.3) is 5.91 Å². The van der Waals surface area contributed by atoms with Crippen LogP contribution < -0.4 is 24.8 Å². The highest BCUT2D eigenvalue weighted by molar-refractivity contribution is 6.02. The molecule has 10 aliphatic rings. The zero-order valence-corrected chi connectivity index (χ0v) is 52.9. The van der Waals surface area contributed by atoms with Crippen LogP contribution in [-0.2, 0) is 72.3 Å². The number of carbonyl (C=O) groups is 9. The van der Waals surface area contributed by atoms with Crippen molar-refractivity contribution in [3.63, 3.8) is 0 Å². The number of nitrogens with one attached hydrogen (secondary N) is 2. The zero-order chi connectivity index (χ0) is 65.9. The van der Waals surface area contributed by atoms with E-state index in [1.165, 1.54) is 70.2 Å². The minimum atomic E-state index is -2.24. The van der Waals surface area contributed by atoms with Crippen molar-refractivity contribution in [1.82, 2.24) is 10.6 Å². The molecule has 486 valence electrons. The fraction of sp³-hybridized carbons (Fsp3) is 0.597. The SMILES string of the molecule is CC(=O)O[C@H]1C2[C@@H]([C@@H](O)[C@@H](NC(=O)CNC(=O)c3ccc4c(c3)C(=O)OC43c4ccc(OC(=O)C(C)(C)C)cc4Oc4cc(OC(=O)C(C)(C)C)ccc43)[C@H]3C[C@@H]4O[C@@H]4[C@H](OC(C)=O)[C@]23C)[C@@H]2[C@@H](O)[C@@H]3[C@H]([C@H](C)[C@H]4O[C@]45OC(=O)[C@@](C)(O)[C@]35C)[C@@]2(C)[C@H]1OC(C)=O. The third-order valence-corrected chi connectivity index (χ3v) is 22.4. The minimum Gasteiger partial charge on any atom is -0.459 e. The fourth-order valence-electron chi connectivity index (χ4n) is 18.3. The standard InChI is InChI=1S/C67H76N2O22/c1-26-43-46(64(13)65(14,81)59(80)91-67(64)52(26)89-67)49(75)44-42-45(51(82-27(2)70)54(63(43,44)12)84-29(4)72)62(11)37(24-40-50(88-40)53(62)83-28(3)71)47(48(42)74)69-41(73)25-68-55(76)30-15-18-34-33(21-30)56(77)90-66(34)35-19-16-31(85-57(78)60(5,6)7)22-38(35)87-39-23-32(17-20-36(39)66)86-58(79)61(8,9)10/h15-23,26,37,40,42-54,74-75,81H,24-25H2,1-14H3,(H,68,76)(H,69,73)/t26-,37+,40-,42-,43-,44+,45?,46-,47-,48+,49+,50-,51-,52+,53-,54-,62-,63+,64-,65+,67-/m0/s1. The summed E-state index contributed by atoms with van der Waals surface area (Å²) < 4.78 is 61.7. The Morgan fingerprint density at radius 2 is 1.25 bits per heavy atom. The lowest BCUT2D eigenvalue weighted by Gasteiger charge is -2.67. The highest BCUT2D eigenvalue weighted by atomic mass is 16.8. The van der Waals surface area contributed by atoms with Crippen molar-refractivity contribution in [2.24, 2.45) is 68.5 Å². The van der Waals surface area contributed by atoms with Gasteiger partial charge in [-0.3, -0.25) is 33.6 Å². The van der Waals surface area contributed by atoms with Crippen LogP contribution in [0.2, 0.25) is 0 Å². The second kappa shape index (κ2) is 20.0. The average Bonchev–Trinajstić information content (AvgIpc) is 1.46. The second-order valence-electron chi connectivity index (χ2n) is 29.5. The molecule has 21 atom stereocenters. The molecule has 3 aromatic carbocycles. The van der Waals surface area contributed by atoms with Crippen LogP contribution in [0.3, 0.4) is 0 Å². The molecule has 3 saturated heterocycles. The van der Waals surface area contributed by atoms with E-state index in [0.717, 1.165) is 0 Å². The van der Waals surface area contributed by atoms with E-state index in [2.05, 4.69) is 10.6 Å². The molecule has 0 bridgehead atoms. The van der Waals surface area contributed by atoms with Crippen LogP contribution in [0.25, 0.3) is 0 Å². The van der Waals surface area contributed by atoms with E-state index in [-0.39, 0.29) is 40.5 Å². The zero-order valence-electron chi connectivity index (χ0n) is 52.9. The molecule has 5 aliphatic heterocycles. The van der Waals surface area contributed by atoms with Gasteiger partial charge in [-0.1, -0.05) is 26.8 Å². The van der Waals surface area contributed by atoms with E-state index in [1.807, 2.05) is 6.92 Å². The fourth-order valence-corrected chi connectivity index (χ4v) is 18.3. The molecule has 24 heteroatoms. The summed E-state index contributed by atoms with van der Waals surface area (Å²) in [4.78, 5) is 124. The number of amides is 2. The predicted octanol–water partition coefficient (Wildman–Crippen LogP) is 4.87. The molecule has 0 aromatic heterocycles. The number of hydrogen-bond acceptors (Lipinski definition) is 22. The Hall–Kier alpha value is -7.51. The average molecular weight is 1260 g/mol. The van der Waals surface area contributed by atoms with Gasteiger partial charge in [0.05, 0.1) is 52.7 Å². The Kier molecular flexibility index (Phi) is 13.7. The van der Waals surface area contributed by atoms with Crippen LogP contribution in [0, 0.1) is 68.5 Å². The summed E-state index contributed by atoms with van der Waals surface area (Å²) >= 11 is 0. The predicted molar refractivity (Wildman–Crippen MR) is 310 cm³/mol. The van der Waals surface area contributed by atoms with Crippen LogP contribution >= 0.6 is 0 Å². The maximum atomic E-state index is 14.8. The highest BCUT2D eigenvalue weighted by Crippen LogP contribution is 2.81. The Morgan fingerprint density at radius 1 is 0.681 bits per heavy atom. The van der Waals surface area contributed by atoms with Gasteiger partial charge in [0, 0.05) is 83.7 Å². The maximum absolute atomic E-state index is 14.8. The summed E-state index contributed by atoms with van der Waals surface area (Å²) in [5.74, 6) is -14.6. The number of aliphatic hydroxyl groups is 3. The Labute approximate surface area is 523 Å². The van der Waals surface area contributed by atoms with Gasteiger partial charge in [0.2, 0.25) is 11.7 Å². The normalized spacial score (nSPS) is 39.2. The number of esters is 7. The number of benzene rings is 3. The first-order chi connectivity index (χ1) is 42.4. The highest BCUT2D eigenvalue weighted by Gasteiger charge is 2.93. The summed E-state index contributed by atoms with van der Waals surface area (Å²) in [5, 5.41) is 44.9. The molecule has 5 N–H and O–H groups in total. The van der Waals surface area contributed by atoms with Gasteiger partial charge in [-0.25, -0.2) is 9.59 Å². The van der Waals surface area contributed by atoms with Gasteiger partial charge in [-0.2, -0.15) is 0 Å². The third kappa shape index (κ3) is 8.59. The third-order valence-electron chi connectivity index (χ3n) is 22.4. The topological polar surface area (TPSA) is 337 Å². The maximum Gasteiger partial charge on any atom is 0.341 e. The molecule has 8 fully saturated rings. The summed E-state index contributed by atoms with van der Waals surface area (Å²) in [7, 11) is 0. The molecule has 13 rings (SSSR count). The summed E-state index contributed by atoms with van der Waals surface area (Å²) in [6.45, 7) is 21.4. The van der Waals surface area contributed by atoms with E-state index in [1.54, 1.807) is 74.4 Å². The Morgan fingerprint density at radius 3 is 1.82 bits per heavy atom. The van der Waals surface area contributed by atoms with E-state index < -0.39 is 201 Å². The molecule has 5 aliphatic carbocycles. The molecule has 1 unspecified atom stereocenters. The van der Waals surface area contributed by atoms with Crippen molar-refractivity contribution in [3.8, 4) is 23.0 Å². The smallest absolute Gasteiger partial charge is 0.341 e. The molecule has 2 amide bonds. The lowest BCUT2D eigenvalue weighted by atomic mass is 9.40. The van der Waals surface area contributed by atoms with Crippen molar-refractivity contribution in [1.29, 1.82) is 0 Å². The van der Waals surface area contributed by atoms with Gasteiger partial charge in [0.1, 0.15) is 53.5 Å². The van der Waals surface area contributed by atoms with Crippen LogP contribution in [0.4, 0.5) is 0 Å². The van der Waals surface area contributed by atoms with Crippen molar-refractivity contribution in [2.45, 2.75) is 175 Å². The van der Waals surface area contributed by atoms with Gasteiger partial charge < -0.3 is 73.3 Å². The number of rotatable bonds is 9. The first-order valence-electron chi connectivity index (χ1n) is 30.9. The second-order valence-corrected chi connectivity index (χ2v) is 29.5. The number of hydrogen-bond donors (Lipinski definition) is 5. The minimum absolute atomic E-state index is 0.0167. The van der Waals surface area contributed by atoms with Crippen LogP contribution in [0.5, 0.6) is 23.0 Å². The summed E-state index contributed by atoms with van der Waals surface area (Å²) in [6, 6.07) is 12.3. The number of fused-ring (bicyclic) bond motifs is 15. The Bertz CT molecular complexity index is 3660. The van der Waals surface area contributed by atoms with Crippen LogP contribution in [0.15, 0.2) is 54.6 Å². The van der Waals surface area contributed by atoms with E-state index in [4.69, 9.17) is 47.4 Å². The summed E-state index contributed by atoms with van der Waals surface area (Å²) in [6.07, 6.45) is -8.95. The first kappa shape index (κ1) is 62.3. The van der Waals surface area contributed by atoms with E-state index in [9.17, 15) is 58.5 Å². The largest absolute Gasteiger partial charge is 0.459 e. The lowest BCUT2D eigenvalue weighted by molar-refractivity contribution is -0.286.